The number of carbonyl (C=O) groups excluding carboxylic acids is 2. The second kappa shape index (κ2) is 7.20. The van der Waals surface area contributed by atoms with Gasteiger partial charge in [-0.25, -0.2) is 4.79 Å². The largest absolute Gasteiger partial charge is 0.462 e. The predicted octanol–water partition coefficient (Wildman–Crippen LogP) is 2.32. The normalized spacial score (nSPS) is 9.84. The standard InChI is InChI=1S/C12H16N2O3S2/c1-4-8-6-9(11(16)17-5-2)10(19-8)14-12(18)13-7(3)15/h6H,4-5H2,1-3H3,(H2,13,14,15,18). The van der Waals surface area contributed by atoms with Crippen LogP contribution in [-0.2, 0) is 16.0 Å². The molecule has 1 aromatic rings. The zero-order chi connectivity index (χ0) is 14.4. The average molecular weight is 300 g/mol. The van der Waals surface area contributed by atoms with Crippen molar-refractivity contribution in [2.45, 2.75) is 27.2 Å². The molecule has 104 valence electrons. The van der Waals surface area contributed by atoms with Crippen LogP contribution in [0, 0.1) is 0 Å². The van der Waals surface area contributed by atoms with Crippen molar-refractivity contribution in [2.75, 3.05) is 11.9 Å². The van der Waals surface area contributed by atoms with Crippen LogP contribution >= 0.6 is 23.6 Å². The number of nitrogens with one attached hydrogen (secondary N) is 2. The zero-order valence-corrected chi connectivity index (χ0v) is 12.7. The molecule has 0 aliphatic carbocycles. The van der Waals surface area contributed by atoms with Gasteiger partial charge in [0.25, 0.3) is 0 Å². The van der Waals surface area contributed by atoms with E-state index in [9.17, 15) is 9.59 Å². The van der Waals surface area contributed by atoms with Gasteiger partial charge in [-0.05, 0) is 31.6 Å². The number of esters is 1. The first kappa shape index (κ1) is 15.6. The van der Waals surface area contributed by atoms with Gasteiger partial charge in [-0.1, -0.05) is 6.92 Å². The lowest BCUT2D eigenvalue weighted by Crippen LogP contribution is -2.32. The molecule has 1 rings (SSSR count). The molecular formula is C12H16N2O3S2. The van der Waals surface area contributed by atoms with E-state index in [0.29, 0.717) is 17.2 Å². The Bertz CT molecular complexity index is 497. The number of thiocarbonyl (C=S) groups is 1. The summed E-state index contributed by atoms with van der Waals surface area (Å²) in [6.07, 6.45) is 0.811. The summed E-state index contributed by atoms with van der Waals surface area (Å²) in [6.45, 7) is 5.43. The minimum atomic E-state index is -0.397. The fourth-order valence-corrected chi connectivity index (χ4v) is 2.66. The summed E-state index contributed by atoms with van der Waals surface area (Å²) in [5.74, 6) is -0.658. The number of ether oxygens (including phenoxy) is 1. The number of thiophene rings is 1. The van der Waals surface area contributed by atoms with Crippen molar-refractivity contribution in [3.05, 3.63) is 16.5 Å². The van der Waals surface area contributed by atoms with Crippen molar-refractivity contribution in [1.29, 1.82) is 0 Å². The van der Waals surface area contributed by atoms with Crippen molar-refractivity contribution in [1.82, 2.24) is 5.32 Å². The van der Waals surface area contributed by atoms with Gasteiger partial charge in [0.05, 0.1) is 12.2 Å². The van der Waals surface area contributed by atoms with E-state index in [2.05, 4.69) is 10.6 Å². The van der Waals surface area contributed by atoms with Crippen LogP contribution in [0.3, 0.4) is 0 Å². The summed E-state index contributed by atoms with van der Waals surface area (Å²) in [7, 11) is 0. The molecule has 19 heavy (non-hydrogen) atoms. The molecular weight excluding hydrogens is 284 g/mol. The van der Waals surface area contributed by atoms with Crippen molar-refractivity contribution in [3.63, 3.8) is 0 Å². The van der Waals surface area contributed by atoms with E-state index in [1.54, 1.807) is 13.0 Å². The topological polar surface area (TPSA) is 67.4 Å². The van der Waals surface area contributed by atoms with E-state index in [1.807, 2.05) is 6.92 Å². The fraction of sp³-hybridized carbons (Fsp3) is 0.417. The highest BCUT2D eigenvalue weighted by Crippen LogP contribution is 2.29. The third-order valence-electron chi connectivity index (χ3n) is 2.14. The van der Waals surface area contributed by atoms with Crippen molar-refractivity contribution < 1.29 is 14.3 Å². The number of amides is 1. The van der Waals surface area contributed by atoms with Crippen LogP contribution in [-0.4, -0.2) is 23.6 Å². The average Bonchev–Trinajstić information content (AvgIpc) is 2.71. The summed E-state index contributed by atoms with van der Waals surface area (Å²) in [5, 5.41) is 6.07. The van der Waals surface area contributed by atoms with E-state index in [1.165, 1.54) is 18.3 Å². The zero-order valence-electron chi connectivity index (χ0n) is 11.0. The van der Waals surface area contributed by atoms with Crippen LogP contribution in [0.15, 0.2) is 6.07 Å². The van der Waals surface area contributed by atoms with Gasteiger partial charge in [0, 0.05) is 11.8 Å². The van der Waals surface area contributed by atoms with Crippen LogP contribution < -0.4 is 10.6 Å². The number of anilines is 1. The molecule has 0 saturated heterocycles. The number of rotatable bonds is 4. The summed E-state index contributed by atoms with van der Waals surface area (Å²) < 4.78 is 4.99. The van der Waals surface area contributed by atoms with E-state index >= 15 is 0 Å². The molecule has 0 radical (unpaired) electrons. The summed E-state index contributed by atoms with van der Waals surface area (Å²) >= 11 is 6.40. The van der Waals surface area contributed by atoms with Gasteiger partial charge >= 0.3 is 5.97 Å². The first-order valence-electron chi connectivity index (χ1n) is 5.86. The molecule has 0 aromatic carbocycles. The smallest absolute Gasteiger partial charge is 0.341 e. The second-order valence-corrected chi connectivity index (χ2v) is 5.21. The van der Waals surface area contributed by atoms with Gasteiger partial charge in [-0.2, -0.15) is 0 Å². The Kier molecular flexibility index (Phi) is 5.91. The molecule has 5 nitrogen and oxygen atoms in total. The first-order valence-corrected chi connectivity index (χ1v) is 7.08. The van der Waals surface area contributed by atoms with Gasteiger partial charge in [0.15, 0.2) is 5.11 Å². The minimum Gasteiger partial charge on any atom is -0.462 e. The van der Waals surface area contributed by atoms with Crippen molar-refractivity contribution >= 4 is 45.5 Å². The van der Waals surface area contributed by atoms with E-state index in [-0.39, 0.29) is 11.0 Å². The molecule has 7 heteroatoms. The van der Waals surface area contributed by atoms with Crippen molar-refractivity contribution in [2.24, 2.45) is 0 Å². The van der Waals surface area contributed by atoms with Crippen LogP contribution in [0.5, 0.6) is 0 Å². The third-order valence-corrected chi connectivity index (χ3v) is 3.54. The molecule has 1 aromatic heterocycles. The number of hydrogen-bond donors (Lipinski definition) is 2. The van der Waals surface area contributed by atoms with Gasteiger partial charge < -0.3 is 15.4 Å². The van der Waals surface area contributed by atoms with Crippen LogP contribution in [0.1, 0.15) is 36.0 Å². The van der Waals surface area contributed by atoms with Crippen LogP contribution in [0.2, 0.25) is 0 Å². The van der Waals surface area contributed by atoms with Gasteiger partial charge in [0.2, 0.25) is 5.91 Å². The van der Waals surface area contributed by atoms with Crippen LogP contribution in [0.25, 0.3) is 0 Å². The lowest BCUT2D eigenvalue weighted by molar-refractivity contribution is -0.117. The quantitative estimate of drug-likeness (QED) is 0.660. The Labute approximate surface area is 121 Å². The van der Waals surface area contributed by atoms with Gasteiger partial charge in [-0.15, -0.1) is 11.3 Å². The molecule has 0 bridgehead atoms. The molecule has 0 aliphatic rings. The molecule has 0 fully saturated rings. The summed E-state index contributed by atoms with van der Waals surface area (Å²) in [5.41, 5.74) is 0.441. The minimum absolute atomic E-state index is 0.169. The molecule has 0 atom stereocenters. The highest BCUT2D eigenvalue weighted by atomic mass is 32.1. The molecule has 1 amide bonds. The Morgan fingerprint density at radius 1 is 1.42 bits per heavy atom. The Morgan fingerprint density at radius 2 is 2.11 bits per heavy atom. The monoisotopic (exact) mass is 300 g/mol. The summed E-state index contributed by atoms with van der Waals surface area (Å²) in [4.78, 5) is 23.8. The van der Waals surface area contributed by atoms with Gasteiger partial charge in [-0.3, -0.25) is 4.79 Å². The second-order valence-electron chi connectivity index (χ2n) is 3.66. The Balaban J connectivity index is 2.91. The number of aryl methyl sites for hydroxylation is 1. The third kappa shape index (κ3) is 4.60. The van der Waals surface area contributed by atoms with Gasteiger partial charge in [0.1, 0.15) is 5.00 Å². The maximum Gasteiger partial charge on any atom is 0.341 e. The maximum absolute atomic E-state index is 11.8. The first-order chi connectivity index (χ1) is 8.97. The fourth-order valence-electron chi connectivity index (χ4n) is 1.36. The number of carbonyl (C=O) groups is 2. The summed E-state index contributed by atoms with van der Waals surface area (Å²) in [6, 6.07) is 1.78. The molecule has 0 aliphatic heterocycles. The molecule has 0 saturated carbocycles. The van der Waals surface area contributed by atoms with E-state index < -0.39 is 5.97 Å². The highest BCUT2D eigenvalue weighted by Gasteiger charge is 2.17. The SMILES string of the molecule is CCOC(=O)c1cc(CC)sc1NC(=S)NC(C)=O. The van der Waals surface area contributed by atoms with E-state index in [4.69, 9.17) is 17.0 Å². The molecule has 1 heterocycles. The lowest BCUT2D eigenvalue weighted by atomic mass is 10.2. The van der Waals surface area contributed by atoms with Crippen LogP contribution in [0.4, 0.5) is 5.00 Å². The molecule has 0 spiro atoms. The lowest BCUT2D eigenvalue weighted by Gasteiger charge is -2.08. The molecule has 2 N–H and O–H groups in total. The van der Waals surface area contributed by atoms with E-state index in [0.717, 1.165) is 11.3 Å². The molecule has 0 unspecified atom stereocenters. The van der Waals surface area contributed by atoms with Crippen molar-refractivity contribution in [3.8, 4) is 0 Å². The maximum atomic E-state index is 11.8. The highest BCUT2D eigenvalue weighted by molar-refractivity contribution is 7.80. The Hall–Kier alpha value is -1.47. The predicted molar refractivity (Wildman–Crippen MR) is 79.7 cm³/mol. The number of hydrogen-bond acceptors (Lipinski definition) is 5. The Morgan fingerprint density at radius 3 is 2.63 bits per heavy atom.